The van der Waals surface area contributed by atoms with E-state index in [1.807, 2.05) is 18.2 Å². The zero-order valence-electron chi connectivity index (χ0n) is 10.9. The topological polar surface area (TPSA) is 33.6 Å². The van der Waals surface area contributed by atoms with E-state index in [1.54, 1.807) is 12.4 Å². The molecule has 4 rings (SSSR count). The van der Waals surface area contributed by atoms with Crippen molar-refractivity contribution in [2.24, 2.45) is 0 Å². The number of aromatic amines is 1. The Hall–Kier alpha value is -1.98. The Balaban J connectivity index is 2.17. The van der Waals surface area contributed by atoms with Crippen molar-refractivity contribution < 1.29 is 0 Å². The second-order valence-electron chi connectivity index (χ2n) is 4.77. The first kappa shape index (κ1) is 12.7. The molecule has 0 unspecified atom stereocenters. The first-order valence-corrected chi connectivity index (χ1v) is 7.68. The van der Waals surface area contributed by atoms with Crippen LogP contribution < -0.4 is 0 Å². The number of rotatable bonds is 1. The lowest BCUT2D eigenvalue weighted by Gasteiger charge is -2.10. The molecule has 0 spiro atoms. The van der Waals surface area contributed by atoms with Gasteiger partial charge in [-0.1, -0.05) is 40.2 Å². The summed E-state index contributed by atoms with van der Waals surface area (Å²) in [5.41, 5.74) is 3.04. The van der Waals surface area contributed by atoms with Gasteiger partial charge in [-0.3, -0.25) is 9.55 Å². The number of hydrogen-bond donors (Lipinski definition) is 1. The van der Waals surface area contributed by atoms with Gasteiger partial charge in [-0.15, -0.1) is 0 Å². The zero-order valence-corrected chi connectivity index (χ0v) is 13.3. The summed E-state index contributed by atoms with van der Waals surface area (Å²) in [6.45, 7) is 0. The molecule has 0 radical (unpaired) electrons. The number of H-pyrrole nitrogens is 1. The molecule has 0 amide bonds. The van der Waals surface area contributed by atoms with E-state index < -0.39 is 0 Å². The molecule has 0 bridgehead atoms. The smallest absolute Gasteiger partial charge is 0.182 e. The highest BCUT2D eigenvalue weighted by atomic mass is 79.9. The van der Waals surface area contributed by atoms with Gasteiger partial charge < -0.3 is 4.98 Å². The molecular formula is C16H10BrN3S. The lowest BCUT2D eigenvalue weighted by atomic mass is 10.1. The van der Waals surface area contributed by atoms with Crippen molar-refractivity contribution in [2.75, 3.05) is 0 Å². The number of aromatic nitrogens is 3. The van der Waals surface area contributed by atoms with Crippen LogP contribution in [0, 0.1) is 4.77 Å². The van der Waals surface area contributed by atoms with E-state index in [-0.39, 0.29) is 0 Å². The van der Waals surface area contributed by atoms with E-state index >= 15 is 0 Å². The second-order valence-corrected chi connectivity index (χ2v) is 6.01. The van der Waals surface area contributed by atoms with E-state index in [0.717, 1.165) is 26.6 Å². The molecule has 3 nitrogen and oxygen atoms in total. The Morgan fingerprint density at radius 3 is 2.71 bits per heavy atom. The minimum absolute atomic E-state index is 0.672. The monoisotopic (exact) mass is 355 g/mol. The zero-order chi connectivity index (χ0) is 14.4. The third-order valence-corrected chi connectivity index (χ3v) is 4.55. The summed E-state index contributed by atoms with van der Waals surface area (Å²) in [5.74, 6) is 0. The number of nitrogens with zero attached hydrogens (tertiary/aromatic N) is 2. The first-order chi connectivity index (χ1) is 10.3. The van der Waals surface area contributed by atoms with Crippen molar-refractivity contribution >= 4 is 50.0 Å². The normalized spacial score (nSPS) is 11.3. The highest BCUT2D eigenvalue weighted by Gasteiger charge is 2.10. The average molecular weight is 356 g/mol. The molecule has 0 aliphatic rings. The molecule has 1 N–H and O–H groups in total. The molecule has 0 fully saturated rings. The van der Waals surface area contributed by atoms with Gasteiger partial charge in [0, 0.05) is 16.1 Å². The van der Waals surface area contributed by atoms with Gasteiger partial charge in [0.15, 0.2) is 4.77 Å². The molecule has 5 heteroatoms. The van der Waals surface area contributed by atoms with Crippen molar-refractivity contribution in [3.05, 3.63) is 64.1 Å². The molecule has 2 aromatic carbocycles. The van der Waals surface area contributed by atoms with Crippen LogP contribution in [0.5, 0.6) is 0 Å². The van der Waals surface area contributed by atoms with E-state index in [0.29, 0.717) is 4.77 Å². The van der Waals surface area contributed by atoms with E-state index in [1.165, 1.54) is 5.39 Å². The molecule has 21 heavy (non-hydrogen) atoms. The fourth-order valence-corrected chi connectivity index (χ4v) is 3.42. The standard InChI is InChI=1S/C16H10BrN3S/c17-12-5-6-14(11-4-2-1-3-10(11)12)20-15-7-8-18-9-13(15)19-16(20)21/h1-9H,(H,19,21). The number of benzene rings is 2. The van der Waals surface area contributed by atoms with E-state index in [4.69, 9.17) is 12.2 Å². The summed E-state index contributed by atoms with van der Waals surface area (Å²) in [5, 5.41) is 2.32. The maximum Gasteiger partial charge on any atom is 0.182 e. The van der Waals surface area contributed by atoms with Gasteiger partial charge in [-0.25, -0.2) is 0 Å². The molecule has 2 heterocycles. The van der Waals surface area contributed by atoms with Gasteiger partial charge in [0.05, 0.1) is 22.9 Å². The van der Waals surface area contributed by atoms with Gasteiger partial charge in [-0.05, 0) is 35.8 Å². The Morgan fingerprint density at radius 1 is 1.05 bits per heavy atom. The largest absolute Gasteiger partial charge is 0.329 e. The van der Waals surface area contributed by atoms with Crippen LogP contribution in [0.1, 0.15) is 0 Å². The molecule has 102 valence electrons. The molecule has 0 saturated carbocycles. The third kappa shape index (κ3) is 1.92. The van der Waals surface area contributed by atoms with Gasteiger partial charge in [0.1, 0.15) is 0 Å². The SMILES string of the molecule is S=c1[nH]c2cnccc2n1-c1ccc(Br)c2ccccc12. The maximum absolute atomic E-state index is 5.50. The number of pyridine rings is 1. The van der Waals surface area contributed by atoms with Gasteiger partial charge in [0.25, 0.3) is 0 Å². The summed E-state index contributed by atoms with van der Waals surface area (Å²) in [7, 11) is 0. The number of fused-ring (bicyclic) bond motifs is 2. The summed E-state index contributed by atoms with van der Waals surface area (Å²) in [6.07, 6.45) is 3.57. The lowest BCUT2D eigenvalue weighted by Crippen LogP contribution is -1.95. The predicted octanol–water partition coefficient (Wildman–Crippen LogP) is 5.00. The van der Waals surface area contributed by atoms with Gasteiger partial charge >= 0.3 is 0 Å². The molecule has 2 aromatic heterocycles. The van der Waals surface area contributed by atoms with Crippen LogP contribution in [0.3, 0.4) is 0 Å². The molecule has 4 aromatic rings. The Kier molecular flexibility index (Phi) is 2.90. The molecule has 0 aliphatic heterocycles. The van der Waals surface area contributed by atoms with Crippen molar-refractivity contribution in [1.29, 1.82) is 0 Å². The quantitative estimate of drug-likeness (QED) is 0.487. The minimum Gasteiger partial charge on any atom is -0.329 e. The van der Waals surface area contributed by atoms with Gasteiger partial charge in [0.2, 0.25) is 0 Å². The second kappa shape index (κ2) is 4.79. The van der Waals surface area contributed by atoms with Crippen LogP contribution in [0.15, 0.2) is 59.3 Å². The summed E-state index contributed by atoms with van der Waals surface area (Å²) < 4.78 is 3.81. The highest BCUT2D eigenvalue weighted by molar-refractivity contribution is 9.10. The summed E-state index contributed by atoms with van der Waals surface area (Å²) in [4.78, 5) is 7.35. The molecule has 0 aliphatic carbocycles. The maximum atomic E-state index is 5.50. The third-order valence-electron chi connectivity index (χ3n) is 3.57. The molecule has 0 atom stereocenters. The van der Waals surface area contributed by atoms with E-state index in [9.17, 15) is 0 Å². The summed E-state index contributed by atoms with van der Waals surface area (Å²) in [6, 6.07) is 14.4. The minimum atomic E-state index is 0.672. The molecular weight excluding hydrogens is 346 g/mol. The van der Waals surface area contributed by atoms with Crippen molar-refractivity contribution in [1.82, 2.24) is 14.5 Å². The van der Waals surface area contributed by atoms with Crippen LogP contribution in [-0.2, 0) is 0 Å². The highest BCUT2D eigenvalue weighted by Crippen LogP contribution is 2.30. The van der Waals surface area contributed by atoms with Crippen molar-refractivity contribution in [2.45, 2.75) is 0 Å². The molecule has 0 saturated heterocycles. The van der Waals surface area contributed by atoms with Crippen LogP contribution in [0.25, 0.3) is 27.5 Å². The number of halogens is 1. The number of imidazole rings is 1. The fourth-order valence-electron chi connectivity index (χ4n) is 2.64. The summed E-state index contributed by atoms with van der Waals surface area (Å²) >= 11 is 9.11. The number of hydrogen-bond acceptors (Lipinski definition) is 2. The first-order valence-electron chi connectivity index (χ1n) is 6.48. The Morgan fingerprint density at radius 2 is 1.86 bits per heavy atom. The number of nitrogens with one attached hydrogen (secondary N) is 1. The van der Waals surface area contributed by atoms with Crippen LogP contribution in [0.4, 0.5) is 0 Å². The van der Waals surface area contributed by atoms with Crippen LogP contribution in [-0.4, -0.2) is 14.5 Å². The Bertz CT molecular complexity index is 1030. The predicted molar refractivity (Wildman–Crippen MR) is 91.5 cm³/mol. The van der Waals surface area contributed by atoms with Crippen LogP contribution in [0.2, 0.25) is 0 Å². The fraction of sp³-hybridized carbons (Fsp3) is 0. The van der Waals surface area contributed by atoms with Crippen LogP contribution >= 0.6 is 28.1 Å². The van der Waals surface area contributed by atoms with Crippen molar-refractivity contribution in [3.63, 3.8) is 0 Å². The van der Waals surface area contributed by atoms with Gasteiger partial charge in [-0.2, -0.15) is 0 Å². The Labute approximate surface area is 134 Å². The van der Waals surface area contributed by atoms with E-state index in [2.05, 4.69) is 54.7 Å². The average Bonchev–Trinajstić information content (AvgIpc) is 2.84. The van der Waals surface area contributed by atoms with Crippen molar-refractivity contribution in [3.8, 4) is 5.69 Å². The lowest BCUT2D eigenvalue weighted by molar-refractivity contribution is 1.08.